The number of anilines is 1. The van der Waals surface area contributed by atoms with Crippen LogP contribution >= 0.6 is 0 Å². The van der Waals surface area contributed by atoms with Crippen LogP contribution in [0.1, 0.15) is 56.5 Å². The van der Waals surface area contributed by atoms with Crippen molar-refractivity contribution in [2.75, 3.05) is 5.73 Å². The average Bonchev–Trinajstić information content (AvgIpc) is 3.12. The number of imidazole rings is 1. The summed E-state index contributed by atoms with van der Waals surface area (Å²) in [5.74, 6) is 0.166. The Hall–Kier alpha value is -3.10. The van der Waals surface area contributed by atoms with Gasteiger partial charge in [0, 0.05) is 41.8 Å². The van der Waals surface area contributed by atoms with Gasteiger partial charge in [0.25, 0.3) is 0 Å². The van der Waals surface area contributed by atoms with E-state index < -0.39 is 17.6 Å². The summed E-state index contributed by atoms with van der Waals surface area (Å²) in [6.45, 7) is 6.21. The number of aromatic nitrogens is 5. The van der Waals surface area contributed by atoms with E-state index in [0.29, 0.717) is 23.2 Å². The van der Waals surface area contributed by atoms with Crippen LogP contribution in [-0.4, -0.2) is 24.3 Å². The molecule has 0 aliphatic heterocycles. The van der Waals surface area contributed by atoms with E-state index in [1.807, 2.05) is 37.1 Å². The lowest BCUT2D eigenvalue weighted by molar-refractivity contribution is -0.137. The highest BCUT2D eigenvalue weighted by molar-refractivity contribution is 5.64. The minimum atomic E-state index is -4.56. The van der Waals surface area contributed by atoms with Crippen LogP contribution in [0.25, 0.3) is 11.3 Å². The molecular weight excluding hydrogens is 405 g/mol. The van der Waals surface area contributed by atoms with Crippen molar-refractivity contribution in [1.82, 2.24) is 24.3 Å². The summed E-state index contributed by atoms with van der Waals surface area (Å²) in [5.41, 5.74) is 9.12. The van der Waals surface area contributed by atoms with E-state index in [4.69, 9.17) is 5.73 Å². The van der Waals surface area contributed by atoms with Crippen LogP contribution in [0.5, 0.6) is 0 Å². The second-order valence-corrected chi connectivity index (χ2v) is 8.63. The number of alkyl halides is 3. The quantitative estimate of drug-likeness (QED) is 0.594. The lowest BCUT2D eigenvalue weighted by Gasteiger charge is -2.18. The summed E-state index contributed by atoms with van der Waals surface area (Å²) in [6.07, 6.45) is 3.41. The number of rotatable bonds is 4. The molecule has 0 amide bonds. The van der Waals surface area contributed by atoms with Crippen LogP contribution in [0.4, 0.5) is 19.0 Å². The van der Waals surface area contributed by atoms with Crippen molar-refractivity contribution in [1.29, 1.82) is 0 Å². The van der Waals surface area contributed by atoms with Crippen molar-refractivity contribution in [2.24, 2.45) is 5.92 Å². The van der Waals surface area contributed by atoms with Crippen molar-refractivity contribution in [3.05, 3.63) is 59.5 Å². The Morgan fingerprint density at radius 1 is 1.23 bits per heavy atom. The Morgan fingerprint density at radius 2 is 2.00 bits per heavy atom. The second-order valence-electron chi connectivity index (χ2n) is 8.63. The molecule has 0 bridgehead atoms. The molecule has 0 aromatic carbocycles. The topological polar surface area (TPSA) is 74.6 Å². The highest BCUT2D eigenvalue weighted by Gasteiger charge is 2.54. The molecule has 3 atom stereocenters. The highest BCUT2D eigenvalue weighted by Crippen LogP contribution is 2.65. The predicted octanol–water partition coefficient (Wildman–Crippen LogP) is 5.00. The van der Waals surface area contributed by atoms with Gasteiger partial charge in [0.1, 0.15) is 5.82 Å². The number of hydrogen-bond acceptors (Lipinski definition) is 4. The van der Waals surface area contributed by atoms with Gasteiger partial charge in [0.05, 0.1) is 23.6 Å². The maximum absolute atomic E-state index is 13.3. The number of allylic oxidation sites excluding steroid dienone is 2. The Balaban J connectivity index is 1.52. The van der Waals surface area contributed by atoms with Crippen molar-refractivity contribution in [3.8, 4) is 11.3 Å². The third-order valence-electron chi connectivity index (χ3n) is 6.44. The number of nitrogens with two attached hydrogens (primary N) is 1. The molecule has 9 heteroatoms. The van der Waals surface area contributed by atoms with E-state index in [0.717, 1.165) is 18.2 Å². The number of nitrogen functional groups attached to an aromatic ring is 1. The van der Waals surface area contributed by atoms with Crippen molar-refractivity contribution in [2.45, 2.75) is 51.4 Å². The van der Waals surface area contributed by atoms with E-state index in [1.165, 1.54) is 17.3 Å². The number of nitrogens with zero attached hydrogens (tertiary/aromatic N) is 5. The van der Waals surface area contributed by atoms with Gasteiger partial charge in [0.15, 0.2) is 0 Å². The molecule has 0 saturated heterocycles. The van der Waals surface area contributed by atoms with Crippen LogP contribution in [0, 0.1) is 5.92 Å². The van der Waals surface area contributed by atoms with Crippen LogP contribution in [0.3, 0.4) is 0 Å². The Bertz CT molecular complexity index is 1170. The molecule has 0 spiro atoms. The lowest BCUT2D eigenvalue weighted by atomic mass is 10.0. The predicted molar refractivity (Wildman–Crippen MR) is 110 cm³/mol. The van der Waals surface area contributed by atoms with Gasteiger partial charge in [-0.25, -0.2) is 9.97 Å². The monoisotopic (exact) mass is 428 g/mol. The first-order chi connectivity index (χ1) is 14.7. The normalized spacial score (nSPS) is 23.0. The number of fused-ring (bicyclic) bond motifs is 1. The number of halogens is 3. The van der Waals surface area contributed by atoms with Gasteiger partial charge < -0.3 is 10.3 Å². The smallest absolute Gasteiger partial charge is 0.383 e. The van der Waals surface area contributed by atoms with Gasteiger partial charge in [-0.05, 0) is 45.2 Å². The summed E-state index contributed by atoms with van der Waals surface area (Å²) >= 11 is 0. The molecule has 5 rings (SSSR count). The van der Waals surface area contributed by atoms with Gasteiger partial charge >= 0.3 is 6.18 Å². The molecule has 3 aromatic rings. The van der Waals surface area contributed by atoms with E-state index in [2.05, 4.69) is 26.6 Å². The minimum Gasteiger partial charge on any atom is -0.383 e. The second kappa shape index (κ2) is 6.70. The fourth-order valence-corrected chi connectivity index (χ4v) is 4.93. The molecular formula is C22H23F3N6. The lowest BCUT2D eigenvalue weighted by Crippen LogP contribution is -2.11. The number of hydrogen-bond donors (Lipinski definition) is 1. The van der Waals surface area contributed by atoms with E-state index >= 15 is 0 Å². The summed E-state index contributed by atoms with van der Waals surface area (Å²) < 4.78 is 43.9. The van der Waals surface area contributed by atoms with Gasteiger partial charge in [-0.15, -0.1) is 0 Å². The molecule has 2 aliphatic rings. The van der Waals surface area contributed by atoms with Crippen LogP contribution in [0.2, 0.25) is 0 Å². The molecule has 3 heterocycles. The zero-order valence-electron chi connectivity index (χ0n) is 17.4. The first-order valence-electron chi connectivity index (χ1n) is 10.3. The van der Waals surface area contributed by atoms with E-state index in [1.54, 1.807) is 6.20 Å². The van der Waals surface area contributed by atoms with Crippen molar-refractivity contribution < 1.29 is 13.2 Å². The van der Waals surface area contributed by atoms with Crippen LogP contribution < -0.4 is 5.73 Å². The zero-order valence-corrected chi connectivity index (χ0v) is 17.4. The average molecular weight is 428 g/mol. The third kappa shape index (κ3) is 3.14. The summed E-state index contributed by atoms with van der Waals surface area (Å²) in [5, 5.41) is 4.65. The number of pyridine rings is 1. The van der Waals surface area contributed by atoms with Gasteiger partial charge in [-0.1, -0.05) is 11.1 Å². The molecule has 1 unspecified atom stereocenters. The summed E-state index contributed by atoms with van der Waals surface area (Å²) in [7, 11) is 0. The first kappa shape index (κ1) is 19.8. The van der Waals surface area contributed by atoms with Gasteiger partial charge in [-0.3, -0.25) is 4.68 Å². The van der Waals surface area contributed by atoms with Crippen LogP contribution in [-0.2, 0) is 6.18 Å². The minimum absolute atomic E-state index is 0.0826. The molecule has 3 aromatic heterocycles. The summed E-state index contributed by atoms with van der Waals surface area (Å²) in [4.78, 5) is 7.92. The molecule has 0 radical (unpaired) electrons. The molecule has 1 saturated carbocycles. The zero-order chi connectivity index (χ0) is 22.1. The van der Waals surface area contributed by atoms with Gasteiger partial charge in [0.2, 0.25) is 0 Å². The molecule has 1 fully saturated rings. The maximum atomic E-state index is 13.3. The first-order valence-corrected chi connectivity index (χ1v) is 10.3. The molecule has 162 valence electrons. The molecule has 2 aliphatic carbocycles. The third-order valence-corrected chi connectivity index (χ3v) is 6.44. The maximum Gasteiger partial charge on any atom is 0.419 e. The summed E-state index contributed by atoms with van der Waals surface area (Å²) in [6, 6.07) is 3.35. The van der Waals surface area contributed by atoms with Crippen molar-refractivity contribution >= 4 is 5.82 Å². The largest absolute Gasteiger partial charge is 0.419 e. The SMILES string of the molecule is CC1=C2[C@@H](CC1n1ccnc1)[C@@H]2c1cc(-c2cnc(N)c(C(F)(F)F)c2)nn1C(C)C. The van der Waals surface area contributed by atoms with E-state index in [9.17, 15) is 13.2 Å². The Morgan fingerprint density at radius 3 is 2.58 bits per heavy atom. The molecule has 6 nitrogen and oxygen atoms in total. The highest BCUT2D eigenvalue weighted by atomic mass is 19.4. The van der Waals surface area contributed by atoms with Crippen LogP contribution in [0.15, 0.2) is 48.2 Å². The molecule has 2 N–H and O–H groups in total. The molecule has 31 heavy (non-hydrogen) atoms. The van der Waals surface area contributed by atoms with Crippen molar-refractivity contribution in [3.63, 3.8) is 0 Å². The van der Waals surface area contributed by atoms with Gasteiger partial charge in [-0.2, -0.15) is 18.3 Å². The fourth-order valence-electron chi connectivity index (χ4n) is 4.93. The van der Waals surface area contributed by atoms with E-state index in [-0.39, 0.29) is 12.0 Å². The Labute approximate surface area is 177 Å². The Kier molecular flexibility index (Phi) is 4.29. The fraction of sp³-hybridized carbons (Fsp3) is 0.409. The standard InChI is InChI=1S/C22H23F3N6/c1-11(2)31-18(20-14-7-17(12(3)19(14)20)30-5-4-27-10-30)8-16(29-31)13-6-15(22(23,24)25)21(26)28-9-13/h4-6,8-11,14,17,20H,7H2,1-3H3,(H2,26,28)/t14-,17?,20-/m1/s1.